The second-order valence-electron chi connectivity index (χ2n) is 9.36. The number of nitrogens with one attached hydrogen (secondary N) is 1. The van der Waals surface area contributed by atoms with Crippen molar-refractivity contribution in [3.63, 3.8) is 0 Å². The molecule has 4 N–H and O–H groups in total. The van der Waals surface area contributed by atoms with Crippen LogP contribution in [0.2, 0.25) is 0 Å². The monoisotopic (exact) mass is 617 g/mol. The van der Waals surface area contributed by atoms with Crippen molar-refractivity contribution in [1.29, 1.82) is 0 Å². The maximum atomic E-state index is 12.2. The van der Waals surface area contributed by atoms with Crippen LogP contribution in [0.1, 0.15) is 5.56 Å². The number of azo groups is 2. The summed E-state index contributed by atoms with van der Waals surface area (Å²) in [6.07, 6.45) is 0. The van der Waals surface area contributed by atoms with E-state index in [-0.39, 0.29) is 10.6 Å². The summed E-state index contributed by atoms with van der Waals surface area (Å²) in [6, 6.07) is 25.1. The summed E-state index contributed by atoms with van der Waals surface area (Å²) >= 11 is 0. The summed E-state index contributed by atoms with van der Waals surface area (Å²) in [5.41, 5.74) is 3.18. The average molecular weight is 618 g/mol. The van der Waals surface area contributed by atoms with Crippen LogP contribution in [0.3, 0.4) is 0 Å². The Hall–Kier alpha value is -5.02. The van der Waals surface area contributed by atoms with E-state index in [1.54, 1.807) is 30.3 Å². The number of anilines is 2. The van der Waals surface area contributed by atoms with Gasteiger partial charge in [-0.25, -0.2) is 0 Å². The lowest BCUT2D eigenvalue weighted by atomic mass is 10.1. The van der Waals surface area contributed by atoms with E-state index in [4.69, 9.17) is 4.55 Å². The topological polar surface area (TPSA) is 190 Å². The van der Waals surface area contributed by atoms with Gasteiger partial charge in [0, 0.05) is 16.8 Å². The standard InChI is InChI=1S/C29H23N5O7S2/c1-18-2-4-20(5-3-18)30-24-12-15-26-19(16-24)17-27(43(39,40)41)28(29(26)35)34-33-22-8-6-21(7-9-22)31-32-23-10-13-25(14-11-23)42(36,37)38/h2-17,30,35H,1H3,(H,36,37,38)(H,39,40,41). The lowest BCUT2D eigenvalue weighted by Crippen LogP contribution is -1.99. The number of benzene rings is 5. The second kappa shape index (κ2) is 11.7. The third-order valence-corrected chi connectivity index (χ3v) is 7.93. The van der Waals surface area contributed by atoms with Crippen molar-refractivity contribution in [3.8, 4) is 5.75 Å². The van der Waals surface area contributed by atoms with Gasteiger partial charge in [-0.3, -0.25) is 9.11 Å². The fourth-order valence-corrected chi connectivity index (χ4v) is 5.16. The molecule has 0 saturated carbocycles. The highest BCUT2D eigenvalue weighted by atomic mass is 32.2. The van der Waals surface area contributed by atoms with Crippen LogP contribution in [-0.2, 0) is 20.2 Å². The molecule has 0 spiro atoms. The van der Waals surface area contributed by atoms with Crippen LogP contribution in [0.4, 0.5) is 34.1 Å². The van der Waals surface area contributed by atoms with E-state index in [1.165, 1.54) is 42.5 Å². The normalized spacial score (nSPS) is 12.3. The fourth-order valence-electron chi connectivity index (χ4n) is 4.02. The molecule has 5 aromatic rings. The molecule has 43 heavy (non-hydrogen) atoms. The third-order valence-electron chi connectivity index (χ3n) is 6.20. The van der Waals surface area contributed by atoms with Crippen molar-refractivity contribution in [1.82, 2.24) is 0 Å². The molecule has 5 rings (SSSR count). The van der Waals surface area contributed by atoms with E-state index < -0.39 is 36.6 Å². The predicted molar refractivity (Wildman–Crippen MR) is 161 cm³/mol. The van der Waals surface area contributed by atoms with Crippen LogP contribution in [0.15, 0.2) is 127 Å². The molecule has 0 heterocycles. The molecule has 14 heteroatoms. The predicted octanol–water partition coefficient (Wildman–Crippen LogP) is 7.92. The van der Waals surface area contributed by atoms with Gasteiger partial charge in [-0.1, -0.05) is 17.7 Å². The van der Waals surface area contributed by atoms with E-state index >= 15 is 0 Å². The Labute approximate surface area is 246 Å². The van der Waals surface area contributed by atoms with Gasteiger partial charge in [0.25, 0.3) is 20.2 Å². The number of phenols is 1. The van der Waals surface area contributed by atoms with Gasteiger partial charge in [0.05, 0.1) is 22.0 Å². The third kappa shape index (κ3) is 7.07. The van der Waals surface area contributed by atoms with Gasteiger partial charge in [-0.2, -0.15) is 32.2 Å². The number of hydrogen-bond donors (Lipinski definition) is 4. The number of rotatable bonds is 8. The Morgan fingerprint density at radius 2 is 1.12 bits per heavy atom. The first kappa shape index (κ1) is 29.5. The highest BCUT2D eigenvalue weighted by Crippen LogP contribution is 2.42. The van der Waals surface area contributed by atoms with E-state index in [1.807, 2.05) is 31.2 Å². The van der Waals surface area contributed by atoms with Gasteiger partial charge in [0.1, 0.15) is 10.6 Å². The molecule has 0 aliphatic rings. The molecule has 0 unspecified atom stereocenters. The van der Waals surface area contributed by atoms with E-state index in [9.17, 15) is 26.5 Å². The van der Waals surface area contributed by atoms with Crippen molar-refractivity contribution in [2.45, 2.75) is 16.7 Å². The zero-order valence-electron chi connectivity index (χ0n) is 22.3. The van der Waals surface area contributed by atoms with Crippen molar-refractivity contribution in [2.24, 2.45) is 20.5 Å². The van der Waals surface area contributed by atoms with Crippen LogP contribution in [0.5, 0.6) is 5.75 Å². The molecular weight excluding hydrogens is 594 g/mol. The first-order chi connectivity index (χ1) is 20.4. The van der Waals surface area contributed by atoms with Gasteiger partial charge in [0.15, 0.2) is 5.75 Å². The molecule has 218 valence electrons. The lowest BCUT2D eigenvalue weighted by molar-refractivity contribution is 0.472. The van der Waals surface area contributed by atoms with Crippen molar-refractivity contribution in [3.05, 3.63) is 103 Å². The summed E-state index contributed by atoms with van der Waals surface area (Å²) in [4.78, 5) is -0.880. The Balaban J connectivity index is 1.39. The van der Waals surface area contributed by atoms with E-state index in [2.05, 4.69) is 25.8 Å². The van der Waals surface area contributed by atoms with Gasteiger partial charge >= 0.3 is 0 Å². The first-order valence-corrected chi connectivity index (χ1v) is 15.4. The zero-order valence-corrected chi connectivity index (χ0v) is 24.0. The van der Waals surface area contributed by atoms with E-state index in [0.29, 0.717) is 27.8 Å². The second-order valence-corrected chi connectivity index (χ2v) is 12.2. The number of nitrogens with zero attached hydrogens (tertiary/aromatic N) is 4. The SMILES string of the molecule is Cc1ccc(Nc2ccc3c(O)c(N=Nc4ccc(N=Nc5ccc(S(=O)(=O)O)cc5)cc4)c(S(=O)(=O)O)cc3c2)cc1. The van der Waals surface area contributed by atoms with Gasteiger partial charge < -0.3 is 10.4 Å². The van der Waals surface area contributed by atoms with Crippen LogP contribution >= 0.6 is 0 Å². The summed E-state index contributed by atoms with van der Waals surface area (Å²) in [5, 5.41) is 30.8. The zero-order chi connectivity index (χ0) is 30.8. The summed E-state index contributed by atoms with van der Waals surface area (Å²) < 4.78 is 65.7. The van der Waals surface area contributed by atoms with Crippen molar-refractivity contribution in [2.75, 3.05) is 5.32 Å². The molecule has 5 aromatic carbocycles. The Morgan fingerprint density at radius 3 is 1.65 bits per heavy atom. The average Bonchev–Trinajstić information content (AvgIpc) is 2.96. The van der Waals surface area contributed by atoms with Gasteiger partial charge in [0.2, 0.25) is 0 Å². The highest BCUT2D eigenvalue weighted by Gasteiger charge is 2.22. The fraction of sp³-hybridized carbons (Fsp3) is 0.0345. The molecular formula is C29H23N5O7S2. The number of hydrogen-bond acceptors (Lipinski definition) is 10. The molecule has 12 nitrogen and oxygen atoms in total. The Morgan fingerprint density at radius 1 is 0.605 bits per heavy atom. The number of aryl methyl sites for hydroxylation is 1. The lowest BCUT2D eigenvalue weighted by Gasteiger charge is -2.11. The van der Waals surface area contributed by atoms with Crippen LogP contribution in [0, 0.1) is 6.92 Å². The first-order valence-electron chi connectivity index (χ1n) is 12.5. The molecule has 0 radical (unpaired) electrons. The molecule has 0 aliphatic heterocycles. The van der Waals surface area contributed by atoms with E-state index in [0.717, 1.165) is 11.3 Å². The van der Waals surface area contributed by atoms with Crippen LogP contribution < -0.4 is 5.32 Å². The smallest absolute Gasteiger partial charge is 0.296 e. The highest BCUT2D eigenvalue weighted by molar-refractivity contribution is 7.86. The minimum Gasteiger partial charge on any atom is -0.505 e. The summed E-state index contributed by atoms with van der Waals surface area (Å²) in [5.74, 6) is -0.471. The van der Waals surface area contributed by atoms with Crippen molar-refractivity contribution < 1.29 is 31.0 Å². The van der Waals surface area contributed by atoms with Gasteiger partial charge in [-0.05, 0) is 97.2 Å². The van der Waals surface area contributed by atoms with Crippen LogP contribution in [0.25, 0.3) is 10.8 Å². The molecule has 0 atom stereocenters. The number of aromatic hydroxyl groups is 1. The largest absolute Gasteiger partial charge is 0.505 e. The molecule has 0 aromatic heterocycles. The molecule has 0 saturated heterocycles. The molecule has 0 aliphatic carbocycles. The molecule has 0 fully saturated rings. The maximum absolute atomic E-state index is 12.2. The summed E-state index contributed by atoms with van der Waals surface area (Å²) in [6.45, 7) is 1.97. The van der Waals surface area contributed by atoms with Crippen molar-refractivity contribution >= 4 is 65.1 Å². The van der Waals surface area contributed by atoms with Crippen LogP contribution in [-0.4, -0.2) is 31.0 Å². The maximum Gasteiger partial charge on any atom is 0.296 e. The Kier molecular flexibility index (Phi) is 8.02. The van der Waals surface area contributed by atoms with Gasteiger partial charge in [-0.15, -0.1) is 5.11 Å². The molecule has 0 amide bonds. The minimum atomic E-state index is -4.79. The number of phenolic OH excluding ortho intramolecular Hbond substituents is 1. The molecule has 0 bridgehead atoms. The quantitative estimate of drug-likeness (QED) is 0.0996. The summed E-state index contributed by atoms with van der Waals surface area (Å²) in [7, 11) is -9.10. The minimum absolute atomic E-state index is 0.268. The Bertz CT molecular complexity index is 2100. The number of fused-ring (bicyclic) bond motifs is 1.